The molecule has 0 radical (unpaired) electrons. The molecule has 4 heteroatoms. The van der Waals surface area contributed by atoms with Gasteiger partial charge in [-0.3, -0.25) is 4.98 Å². The van der Waals surface area contributed by atoms with Gasteiger partial charge in [0.05, 0.1) is 17.4 Å². The highest BCUT2D eigenvalue weighted by Crippen LogP contribution is 2.13. The number of rotatable bonds is 3. The summed E-state index contributed by atoms with van der Waals surface area (Å²) in [5.74, 6) is -0.268. The summed E-state index contributed by atoms with van der Waals surface area (Å²) < 4.78 is 12.9. The molecule has 0 fully saturated rings. The Balaban J connectivity index is 2.10. The smallest absolute Gasteiger partial charge is 0.123 e. The molecule has 0 unspecified atom stereocenters. The van der Waals surface area contributed by atoms with E-state index < -0.39 is 0 Å². The maximum atomic E-state index is 12.9. The normalized spacial score (nSPS) is 9.65. The van der Waals surface area contributed by atoms with Crippen LogP contribution in [-0.2, 0) is 6.54 Å². The van der Waals surface area contributed by atoms with Crippen molar-refractivity contribution < 1.29 is 4.39 Å². The number of nitrogens with zero attached hydrogens (tertiary/aromatic N) is 2. The van der Waals surface area contributed by atoms with E-state index in [4.69, 9.17) is 5.26 Å². The third-order valence-corrected chi connectivity index (χ3v) is 2.31. The number of anilines is 1. The molecule has 0 amide bonds. The zero-order valence-electron chi connectivity index (χ0n) is 9.02. The molecule has 2 aromatic rings. The van der Waals surface area contributed by atoms with Gasteiger partial charge in [0.25, 0.3) is 0 Å². The van der Waals surface area contributed by atoms with E-state index in [1.165, 1.54) is 12.1 Å². The van der Waals surface area contributed by atoms with E-state index in [-0.39, 0.29) is 5.82 Å². The maximum Gasteiger partial charge on any atom is 0.123 e. The first-order valence-corrected chi connectivity index (χ1v) is 5.12. The van der Waals surface area contributed by atoms with Crippen LogP contribution in [0.25, 0.3) is 0 Å². The quantitative estimate of drug-likeness (QED) is 0.877. The zero-order chi connectivity index (χ0) is 12.1. The van der Waals surface area contributed by atoms with Crippen LogP contribution < -0.4 is 5.32 Å². The second-order valence-electron chi connectivity index (χ2n) is 3.52. The minimum absolute atomic E-state index is 0.268. The topological polar surface area (TPSA) is 48.7 Å². The summed E-state index contributed by atoms with van der Waals surface area (Å²) in [5.41, 5.74) is 1.99. The molecular formula is C13H10FN3. The standard InChI is InChI=1S/C13H10FN3/c14-12-3-1-2-10(6-12)8-17-13-9-16-5-4-11(13)7-15/h1-6,9,17H,8H2. The minimum atomic E-state index is -0.268. The molecule has 0 saturated carbocycles. The maximum absolute atomic E-state index is 12.9. The lowest BCUT2D eigenvalue weighted by molar-refractivity contribution is 0.626. The van der Waals surface area contributed by atoms with Gasteiger partial charge in [-0.05, 0) is 23.8 Å². The Bertz CT molecular complexity index is 561. The van der Waals surface area contributed by atoms with Gasteiger partial charge in [-0.25, -0.2) is 4.39 Å². The van der Waals surface area contributed by atoms with Crippen molar-refractivity contribution >= 4 is 5.69 Å². The Labute approximate surface area is 98.5 Å². The van der Waals surface area contributed by atoms with E-state index >= 15 is 0 Å². The summed E-state index contributed by atoms with van der Waals surface area (Å²) in [5, 5.41) is 11.9. The van der Waals surface area contributed by atoms with Crippen LogP contribution in [0.1, 0.15) is 11.1 Å². The molecule has 0 aliphatic carbocycles. The predicted molar refractivity (Wildman–Crippen MR) is 62.7 cm³/mol. The van der Waals surface area contributed by atoms with Crippen LogP contribution in [0, 0.1) is 17.1 Å². The second-order valence-corrected chi connectivity index (χ2v) is 3.52. The number of aromatic nitrogens is 1. The van der Waals surface area contributed by atoms with E-state index in [0.29, 0.717) is 17.8 Å². The van der Waals surface area contributed by atoms with Crippen LogP contribution in [0.5, 0.6) is 0 Å². The van der Waals surface area contributed by atoms with Gasteiger partial charge in [0.2, 0.25) is 0 Å². The molecule has 1 aromatic carbocycles. The highest BCUT2D eigenvalue weighted by atomic mass is 19.1. The van der Waals surface area contributed by atoms with Gasteiger partial charge in [0.1, 0.15) is 11.9 Å². The summed E-state index contributed by atoms with van der Waals surface area (Å²) >= 11 is 0. The van der Waals surface area contributed by atoms with Gasteiger partial charge in [-0.2, -0.15) is 5.26 Å². The van der Waals surface area contributed by atoms with E-state index in [1.807, 2.05) is 6.07 Å². The first kappa shape index (κ1) is 11.1. The van der Waals surface area contributed by atoms with Gasteiger partial charge in [-0.1, -0.05) is 12.1 Å². The summed E-state index contributed by atoms with van der Waals surface area (Å²) in [7, 11) is 0. The molecule has 0 aliphatic heterocycles. The monoisotopic (exact) mass is 227 g/mol. The molecule has 1 N–H and O–H groups in total. The largest absolute Gasteiger partial charge is 0.379 e. The van der Waals surface area contributed by atoms with Crippen molar-refractivity contribution in [2.75, 3.05) is 5.32 Å². The van der Waals surface area contributed by atoms with Crippen molar-refractivity contribution in [3.63, 3.8) is 0 Å². The lowest BCUT2D eigenvalue weighted by atomic mass is 10.2. The van der Waals surface area contributed by atoms with Crippen molar-refractivity contribution in [1.29, 1.82) is 5.26 Å². The Morgan fingerprint density at radius 2 is 2.24 bits per heavy atom. The highest BCUT2D eigenvalue weighted by molar-refractivity contribution is 5.55. The van der Waals surface area contributed by atoms with Crippen molar-refractivity contribution in [2.45, 2.75) is 6.54 Å². The predicted octanol–water partition coefficient (Wildman–Crippen LogP) is 2.70. The van der Waals surface area contributed by atoms with Gasteiger partial charge < -0.3 is 5.32 Å². The zero-order valence-corrected chi connectivity index (χ0v) is 9.02. The van der Waals surface area contributed by atoms with Gasteiger partial charge in [0.15, 0.2) is 0 Å². The molecule has 0 aliphatic rings. The van der Waals surface area contributed by atoms with Crippen molar-refractivity contribution in [1.82, 2.24) is 4.98 Å². The van der Waals surface area contributed by atoms with Gasteiger partial charge in [-0.15, -0.1) is 0 Å². The summed E-state index contributed by atoms with van der Waals surface area (Å²) in [4.78, 5) is 3.94. The molecule has 1 aromatic heterocycles. The fraction of sp³-hybridized carbons (Fsp3) is 0.0769. The Hall–Kier alpha value is -2.41. The minimum Gasteiger partial charge on any atom is -0.379 e. The van der Waals surface area contributed by atoms with Crippen LogP contribution in [0.15, 0.2) is 42.7 Å². The number of benzene rings is 1. The molecule has 0 saturated heterocycles. The van der Waals surface area contributed by atoms with Crippen LogP contribution in [-0.4, -0.2) is 4.98 Å². The number of nitrogens with one attached hydrogen (secondary N) is 1. The average molecular weight is 227 g/mol. The third kappa shape index (κ3) is 2.79. The summed E-state index contributed by atoms with van der Waals surface area (Å²) in [6.45, 7) is 0.456. The van der Waals surface area contributed by atoms with E-state index in [2.05, 4.69) is 16.4 Å². The third-order valence-electron chi connectivity index (χ3n) is 2.31. The number of hydrogen-bond acceptors (Lipinski definition) is 3. The average Bonchev–Trinajstić information content (AvgIpc) is 2.37. The number of hydrogen-bond donors (Lipinski definition) is 1. The molecular weight excluding hydrogens is 217 g/mol. The lowest BCUT2D eigenvalue weighted by Crippen LogP contribution is -2.01. The van der Waals surface area contributed by atoms with E-state index in [0.717, 1.165) is 5.56 Å². The molecule has 17 heavy (non-hydrogen) atoms. The fourth-order valence-electron chi connectivity index (χ4n) is 1.48. The molecule has 3 nitrogen and oxygen atoms in total. The molecule has 2 rings (SSSR count). The summed E-state index contributed by atoms with van der Waals surface area (Å²) in [6, 6.07) is 10.0. The van der Waals surface area contributed by atoms with Gasteiger partial charge >= 0.3 is 0 Å². The van der Waals surface area contributed by atoms with Crippen molar-refractivity contribution in [2.24, 2.45) is 0 Å². The number of pyridine rings is 1. The Morgan fingerprint density at radius 3 is 3.00 bits per heavy atom. The van der Waals surface area contributed by atoms with Crippen LogP contribution in [0.2, 0.25) is 0 Å². The molecule has 0 bridgehead atoms. The number of nitriles is 1. The first-order chi connectivity index (χ1) is 8.29. The van der Waals surface area contributed by atoms with Gasteiger partial charge in [0, 0.05) is 12.7 Å². The fourth-order valence-corrected chi connectivity index (χ4v) is 1.48. The Morgan fingerprint density at radius 1 is 1.35 bits per heavy atom. The molecule has 0 atom stereocenters. The molecule has 84 valence electrons. The van der Waals surface area contributed by atoms with Crippen LogP contribution >= 0.6 is 0 Å². The van der Waals surface area contributed by atoms with Crippen molar-refractivity contribution in [3.8, 4) is 6.07 Å². The summed E-state index contributed by atoms with van der Waals surface area (Å²) in [6.07, 6.45) is 3.14. The van der Waals surface area contributed by atoms with Crippen LogP contribution in [0.4, 0.5) is 10.1 Å². The van der Waals surface area contributed by atoms with Crippen molar-refractivity contribution in [3.05, 3.63) is 59.7 Å². The first-order valence-electron chi connectivity index (χ1n) is 5.12. The van der Waals surface area contributed by atoms with E-state index in [1.54, 1.807) is 24.5 Å². The molecule has 1 heterocycles. The lowest BCUT2D eigenvalue weighted by Gasteiger charge is -2.07. The Kier molecular flexibility index (Phi) is 3.31. The molecule has 0 spiro atoms. The SMILES string of the molecule is N#Cc1ccncc1NCc1cccc(F)c1. The van der Waals surface area contributed by atoms with E-state index in [9.17, 15) is 4.39 Å². The highest BCUT2D eigenvalue weighted by Gasteiger charge is 2.01. The second kappa shape index (κ2) is 5.08. The van der Waals surface area contributed by atoms with Crippen LogP contribution in [0.3, 0.4) is 0 Å². The number of halogens is 1.